The van der Waals surface area contributed by atoms with Gasteiger partial charge in [0.1, 0.15) is 11.6 Å². The molecular weight excluding hydrogens is 322 g/mol. The second kappa shape index (κ2) is 6.49. The van der Waals surface area contributed by atoms with E-state index in [0.717, 1.165) is 12.0 Å². The molecule has 0 bridgehead atoms. The number of halogens is 3. The van der Waals surface area contributed by atoms with Crippen LogP contribution >= 0.6 is 15.9 Å². The molecule has 0 saturated heterocycles. The lowest BCUT2D eigenvalue weighted by atomic mass is 9.96. The van der Waals surface area contributed by atoms with Crippen LogP contribution in [0, 0.1) is 11.6 Å². The highest BCUT2D eigenvalue weighted by molar-refractivity contribution is 9.09. The fourth-order valence-corrected chi connectivity index (χ4v) is 2.89. The topological polar surface area (TPSA) is 0 Å². The Morgan fingerprint density at radius 2 is 1.45 bits per heavy atom. The van der Waals surface area contributed by atoms with E-state index in [0.29, 0.717) is 5.92 Å². The zero-order valence-electron chi connectivity index (χ0n) is 11.5. The van der Waals surface area contributed by atoms with Crippen molar-refractivity contribution in [3.63, 3.8) is 0 Å². The molecule has 0 aliphatic heterocycles. The van der Waals surface area contributed by atoms with Gasteiger partial charge in [-0.25, -0.2) is 8.78 Å². The third-order valence-electron chi connectivity index (χ3n) is 3.66. The van der Waals surface area contributed by atoms with Crippen molar-refractivity contribution in [1.82, 2.24) is 0 Å². The van der Waals surface area contributed by atoms with E-state index in [9.17, 15) is 8.78 Å². The van der Waals surface area contributed by atoms with Gasteiger partial charge >= 0.3 is 0 Å². The fourth-order valence-electron chi connectivity index (χ4n) is 2.15. The highest BCUT2D eigenvalue weighted by atomic mass is 79.9. The molecule has 2 atom stereocenters. The summed E-state index contributed by atoms with van der Waals surface area (Å²) in [4.78, 5) is -0.477. The molecule has 0 aliphatic rings. The van der Waals surface area contributed by atoms with Crippen LogP contribution in [0.25, 0.3) is 0 Å². The summed E-state index contributed by atoms with van der Waals surface area (Å²) in [6.45, 7) is 4.30. The third-order valence-corrected chi connectivity index (χ3v) is 4.65. The molecule has 2 aromatic carbocycles. The minimum Gasteiger partial charge on any atom is -0.207 e. The lowest BCUT2D eigenvalue weighted by molar-refractivity contribution is 0.561. The average Bonchev–Trinajstić information content (AvgIpc) is 2.46. The smallest absolute Gasteiger partial charge is 0.130 e. The summed E-state index contributed by atoms with van der Waals surface area (Å²) in [5, 5.41) is 0. The maximum absolute atomic E-state index is 13.8. The van der Waals surface area contributed by atoms with Crippen molar-refractivity contribution >= 4 is 15.9 Å². The molecule has 3 heteroatoms. The van der Waals surface area contributed by atoms with Crippen LogP contribution < -0.4 is 0 Å². The largest absolute Gasteiger partial charge is 0.207 e. The summed E-state index contributed by atoms with van der Waals surface area (Å²) in [5.74, 6) is -0.571. The Hall–Kier alpha value is -1.22. The van der Waals surface area contributed by atoms with Crippen molar-refractivity contribution in [2.24, 2.45) is 0 Å². The van der Waals surface area contributed by atoms with E-state index in [4.69, 9.17) is 0 Å². The Kier molecular flexibility index (Phi) is 4.92. The van der Waals surface area contributed by atoms with E-state index >= 15 is 0 Å². The third kappa shape index (κ3) is 3.09. The van der Waals surface area contributed by atoms with Crippen LogP contribution in [-0.2, 0) is 0 Å². The van der Waals surface area contributed by atoms with Gasteiger partial charge in [0.15, 0.2) is 0 Å². The summed E-state index contributed by atoms with van der Waals surface area (Å²) in [6.07, 6.45) is 1.07. The van der Waals surface area contributed by atoms with Crippen LogP contribution in [0.4, 0.5) is 8.78 Å². The van der Waals surface area contributed by atoms with Gasteiger partial charge in [-0.1, -0.05) is 60.1 Å². The summed E-state index contributed by atoms with van der Waals surface area (Å²) in [6, 6.07) is 11.8. The second-order valence-electron chi connectivity index (χ2n) is 4.97. The predicted octanol–water partition coefficient (Wildman–Crippen LogP) is 5.96. The Labute approximate surface area is 127 Å². The molecule has 0 nitrogen and oxygen atoms in total. The van der Waals surface area contributed by atoms with Crippen LogP contribution in [0.1, 0.15) is 47.7 Å². The standard InChI is InChI=1S/C17H17BrF2/c1-3-11(2)12-7-9-13(10-8-12)17(18)16-14(19)5-4-6-15(16)20/h4-11,17H,3H2,1-2H3. The molecule has 0 aliphatic carbocycles. The Morgan fingerprint density at radius 3 is 1.95 bits per heavy atom. The van der Waals surface area contributed by atoms with Gasteiger partial charge < -0.3 is 0 Å². The predicted molar refractivity (Wildman–Crippen MR) is 82.3 cm³/mol. The molecule has 0 saturated carbocycles. The normalized spacial score (nSPS) is 14.1. The Balaban J connectivity index is 2.32. The summed E-state index contributed by atoms with van der Waals surface area (Å²) < 4.78 is 27.6. The van der Waals surface area contributed by atoms with Crippen molar-refractivity contribution in [1.29, 1.82) is 0 Å². The Bertz CT molecular complexity index is 558. The van der Waals surface area contributed by atoms with Crippen LogP contribution in [0.15, 0.2) is 42.5 Å². The van der Waals surface area contributed by atoms with E-state index in [1.54, 1.807) is 0 Å². The average molecular weight is 339 g/mol. The zero-order chi connectivity index (χ0) is 14.7. The van der Waals surface area contributed by atoms with Crippen LogP contribution in [-0.4, -0.2) is 0 Å². The lowest BCUT2D eigenvalue weighted by Crippen LogP contribution is -2.01. The molecule has 20 heavy (non-hydrogen) atoms. The van der Waals surface area contributed by atoms with Crippen molar-refractivity contribution in [2.75, 3.05) is 0 Å². The molecule has 0 amide bonds. The number of rotatable bonds is 4. The van der Waals surface area contributed by atoms with Crippen molar-refractivity contribution in [3.05, 3.63) is 70.8 Å². The second-order valence-corrected chi connectivity index (χ2v) is 5.89. The maximum Gasteiger partial charge on any atom is 0.130 e. The highest BCUT2D eigenvalue weighted by Gasteiger charge is 2.19. The van der Waals surface area contributed by atoms with Crippen molar-refractivity contribution < 1.29 is 8.78 Å². The minimum atomic E-state index is -0.530. The molecule has 106 valence electrons. The number of alkyl halides is 1. The molecule has 2 unspecified atom stereocenters. The quantitative estimate of drug-likeness (QED) is 0.603. The molecular formula is C17H17BrF2. The zero-order valence-corrected chi connectivity index (χ0v) is 13.1. The molecule has 0 N–H and O–H groups in total. The lowest BCUT2D eigenvalue weighted by Gasteiger charge is -2.15. The first-order chi connectivity index (χ1) is 9.54. The van der Waals surface area contributed by atoms with E-state index in [1.165, 1.54) is 23.8 Å². The van der Waals surface area contributed by atoms with E-state index in [2.05, 4.69) is 29.8 Å². The van der Waals surface area contributed by atoms with Gasteiger partial charge in [0.05, 0.1) is 4.83 Å². The van der Waals surface area contributed by atoms with Crippen molar-refractivity contribution in [2.45, 2.75) is 31.0 Å². The van der Waals surface area contributed by atoms with Crippen LogP contribution in [0.5, 0.6) is 0 Å². The minimum absolute atomic E-state index is 0.0591. The van der Waals surface area contributed by atoms with Gasteiger partial charge in [-0.05, 0) is 35.6 Å². The first kappa shape index (κ1) is 15.2. The first-order valence-corrected chi connectivity index (χ1v) is 7.64. The van der Waals surface area contributed by atoms with Gasteiger partial charge in [0, 0.05) is 5.56 Å². The summed E-state index contributed by atoms with van der Waals surface area (Å²) in [5.41, 5.74) is 2.15. The summed E-state index contributed by atoms with van der Waals surface area (Å²) in [7, 11) is 0. The molecule has 0 spiro atoms. The summed E-state index contributed by atoms with van der Waals surface area (Å²) >= 11 is 3.39. The van der Waals surface area contributed by atoms with Crippen LogP contribution in [0.3, 0.4) is 0 Å². The van der Waals surface area contributed by atoms with Gasteiger partial charge in [-0.15, -0.1) is 0 Å². The monoisotopic (exact) mass is 338 g/mol. The van der Waals surface area contributed by atoms with E-state index in [-0.39, 0.29) is 5.56 Å². The molecule has 0 radical (unpaired) electrons. The number of hydrogen-bond acceptors (Lipinski definition) is 0. The Morgan fingerprint density at radius 1 is 0.950 bits per heavy atom. The first-order valence-electron chi connectivity index (χ1n) is 6.72. The highest BCUT2D eigenvalue weighted by Crippen LogP contribution is 2.34. The fraction of sp³-hybridized carbons (Fsp3) is 0.294. The number of benzene rings is 2. The molecule has 0 fully saturated rings. The maximum atomic E-state index is 13.8. The van der Waals surface area contributed by atoms with E-state index in [1.807, 2.05) is 24.3 Å². The molecule has 2 aromatic rings. The molecule has 0 heterocycles. The SMILES string of the molecule is CCC(C)c1ccc(C(Br)c2c(F)cccc2F)cc1. The molecule has 2 rings (SSSR count). The van der Waals surface area contributed by atoms with Gasteiger partial charge in [-0.3, -0.25) is 0 Å². The van der Waals surface area contributed by atoms with Gasteiger partial charge in [0.25, 0.3) is 0 Å². The van der Waals surface area contributed by atoms with E-state index < -0.39 is 16.5 Å². The number of hydrogen-bond donors (Lipinski definition) is 0. The van der Waals surface area contributed by atoms with Crippen LogP contribution in [0.2, 0.25) is 0 Å². The van der Waals surface area contributed by atoms with Crippen molar-refractivity contribution in [3.8, 4) is 0 Å². The van der Waals surface area contributed by atoms with Gasteiger partial charge in [-0.2, -0.15) is 0 Å². The molecule has 0 aromatic heterocycles. The van der Waals surface area contributed by atoms with Gasteiger partial charge in [0.2, 0.25) is 0 Å².